The number of carboxylic acid groups (broad SMARTS) is 1. The van der Waals surface area contributed by atoms with Crippen LogP contribution in [0.2, 0.25) is 0 Å². The highest BCUT2D eigenvalue weighted by atomic mass is 16.5. The number of carbonyl (C=O) groups is 2. The molecule has 0 aliphatic heterocycles. The molecule has 0 aliphatic rings. The third-order valence-electron chi connectivity index (χ3n) is 2.98. The average molecular weight is 301 g/mol. The van der Waals surface area contributed by atoms with Crippen molar-refractivity contribution in [3.8, 4) is 0 Å². The van der Waals surface area contributed by atoms with E-state index in [1.165, 1.54) is 12.3 Å². The molecule has 0 aliphatic carbocycles. The predicted octanol–water partition coefficient (Wildman–Crippen LogP) is 1.33. The Bertz CT molecular complexity index is 721. The van der Waals surface area contributed by atoms with Crippen LogP contribution in [0.15, 0.2) is 53.5 Å². The van der Waals surface area contributed by atoms with Crippen LogP contribution in [0.1, 0.15) is 15.9 Å². The fraction of sp³-hybridized carbons (Fsp3) is 0.188. The van der Waals surface area contributed by atoms with E-state index in [-0.39, 0.29) is 12.2 Å². The number of nitrogens with zero attached hydrogens (tertiary/aromatic N) is 1. The second-order valence-corrected chi connectivity index (χ2v) is 4.65. The molecule has 1 aromatic carbocycles. The molecule has 6 heteroatoms. The van der Waals surface area contributed by atoms with Crippen LogP contribution >= 0.6 is 0 Å². The number of hydrogen-bond donors (Lipinski definition) is 1. The van der Waals surface area contributed by atoms with Crippen LogP contribution in [0.3, 0.4) is 0 Å². The average Bonchev–Trinajstić information content (AvgIpc) is 2.50. The Morgan fingerprint density at radius 2 is 1.82 bits per heavy atom. The lowest BCUT2D eigenvalue weighted by atomic mass is 10.2. The van der Waals surface area contributed by atoms with Gasteiger partial charge in [0.1, 0.15) is 6.54 Å². The summed E-state index contributed by atoms with van der Waals surface area (Å²) in [5, 5.41) is 8.73. The van der Waals surface area contributed by atoms with E-state index in [1.54, 1.807) is 30.3 Å². The summed E-state index contributed by atoms with van der Waals surface area (Å²) >= 11 is 0. The lowest BCUT2D eigenvalue weighted by molar-refractivity contribution is -0.137. The predicted molar refractivity (Wildman–Crippen MR) is 78.8 cm³/mol. The van der Waals surface area contributed by atoms with Crippen LogP contribution in [-0.4, -0.2) is 28.2 Å². The topological polar surface area (TPSA) is 85.6 Å². The molecule has 0 saturated heterocycles. The Hall–Kier alpha value is -2.89. The second-order valence-electron chi connectivity index (χ2n) is 4.65. The molecule has 1 heterocycles. The van der Waals surface area contributed by atoms with E-state index >= 15 is 0 Å². The van der Waals surface area contributed by atoms with Crippen molar-refractivity contribution in [3.05, 3.63) is 70.1 Å². The molecular formula is C16H15NO5. The Morgan fingerprint density at radius 3 is 2.50 bits per heavy atom. The molecule has 114 valence electrons. The van der Waals surface area contributed by atoms with Crippen molar-refractivity contribution in [1.82, 2.24) is 4.57 Å². The van der Waals surface area contributed by atoms with Gasteiger partial charge in [0.2, 0.25) is 0 Å². The molecule has 0 fully saturated rings. The smallest absolute Gasteiger partial charge is 0.338 e. The monoisotopic (exact) mass is 301 g/mol. The molecule has 6 nitrogen and oxygen atoms in total. The van der Waals surface area contributed by atoms with Crippen molar-refractivity contribution in [3.63, 3.8) is 0 Å². The minimum absolute atomic E-state index is 0.152. The van der Waals surface area contributed by atoms with Crippen molar-refractivity contribution in [2.75, 3.05) is 6.61 Å². The summed E-state index contributed by atoms with van der Waals surface area (Å²) in [5.74, 6) is -1.51. The van der Waals surface area contributed by atoms with Gasteiger partial charge in [-0.25, -0.2) is 4.79 Å². The van der Waals surface area contributed by atoms with Gasteiger partial charge in [0.05, 0.1) is 12.2 Å². The first-order valence-electron chi connectivity index (χ1n) is 6.69. The van der Waals surface area contributed by atoms with Gasteiger partial charge >= 0.3 is 11.9 Å². The van der Waals surface area contributed by atoms with Crippen LogP contribution in [0.25, 0.3) is 0 Å². The number of carboxylic acids is 1. The summed E-state index contributed by atoms with van der Waals surface area (Å²) < 4.78 is 6.25. The molecule has 1 N–H and O–H groups in total. The van der Waals surface area contributed by atoms with E-state index in [1.807, 2.05) is 6.07 Å². The van der Waals surface area contributed by atoms with Gasteiger partial charge in [0.25, 0.3) is 5.56 Å². The van der Waals surface area contributed by atoms with Gasteiger partial charge in [-0.2, -0.15) is 0 Å². The van der Waals surface area contributed by atoms with Crippen LogP contribution in [0.5, 0.6) is 0 Å². The number of pyridine rings is 1. The number of rotatable bonds is 6. The van der Waals surface area contributed by atoms with Gasteiger partial charge in [-0.05, 0) is 17.7 Å². The van der Waals surface area contributed by atoms with Crippen LogP contribution in [0.4, 0.5) is 0 Å². The third kappa shape index (κ3) is 4.31. The lowest BCUT2D eigenvalue weighted by Gasteiger charge is -2.07. The quantitative estimate of drug-likeness (QED) is 0.814. The van der Waals surface area contributed by atoms with E-state index in [2.05, 4.69) is 0 Å². The van der Waals surface area contributed by atoms with Gasteiger partial charge < -0.3 is 14.4 Å². The van der Waals surface area contributed by atoms with Crippen molar-refractivity contribution >= 4 is 11.9 Å². The molecule has 0 radical (unpaired) electrons. The Balaban J connectivity index is 1.93. The summed E-state index contributed by atoms with van der Waals surface area (Å²) in [6, 6.07) is 11.5. The Kier molecular flexibility index (Phi) is 5.08. The second kappa shape index (κ2) is 7.21. The number of aliphatic carboxylic acids is 1. The molecule has 0 atom stereocenters. The summed E-state index contributed by atoms with van der Waals surface area (Å²) in [4.78, 5) is 33.9. The molecule has 0 unspecified atom stereocenters. The van der Waals surface area contributed by atoms with Gasteiger partial charge in [0, 0.05) is 18.7 Å². The maximum atomic E-state index is 11.7. The van der Waals surface area contributed by atoms with E-state index in [0.29, 0.717) is 12.0 Å². The van der Waals surface area contributed by atoms with Crippen molar-refractivity contribution < 1.29 is 19.4 Å². The molecule has 0 saturated carbocycles. The fourth-order valence-corrected chi connectivity index (χ4v) is 1.92. The maximum absolute atomic E-state index is 11.7. The number of benzene rings is 1. The van der Waals surface area contributed by atoms with Crippen molar-refractivity contribution in [1.29, 1.82) is 0 Å². The van der Waals surface area contributed by atoms with Gasteiger partial charge in [-0.3, -0.25) is 9.59 Å². The van der Waals surface area contributed by atoms with E-state index in [0.717, 1.165) is 10.1 Å². The molecule has 2 rings (SSSR count). The first kappa shape index (κ1) is 15.5. The van der Waals surface area contributed by atoms with Gasteiger partial charge in [-0.15, -0.1) is 0 Å². The van der Waals surface area contributed by atoms with Crippen LogP contribution < -0.4 is 5.56 Å². The fourth-order valence-electron chi connectivity index (χ4n) is 1.92. The van der Waals surface area contributed by atoms with Crippen molar-refractivity contribution in [2.45, 2.75) is 13.0 Å². The first-order chi connectivity index (χ1) is 10.6. The minimum atomic E-state index is -1.09. The first-order valence-corrected chi connectivity index (χ1v) is 6.69. The third-order valence-corrected chi connectivity index (χ3v) is 2.98. The summed E-state index contributed by atoms with van der Waals surface area (Å²) in [7, 11) is 0. The number of aromatic nitrogens is 1. The van der Waals surface area contributed by atoms with E-state index < -0.39 is 18.5 Å². The van der Waals surface area contributed by atoms with E-state index in [4.69, 9.17) is 9.84 Å². The van der Waals surface area contributed by atoms with Crippen LogP contribution in [-0.2, 0) is 22.5 Å². The number of ether oxygens (including phenoxy) is 1. The number of hydrogen-bond acceptors (Lipinski definition) is 4. The molecule has 0 spiro atoms. The zero-order valence-corrected chi connectivity index (χ0v) is 11.8. The largest absolute Gasteiger partial charge is 0.480 e. The Morgan fingerprint density at radius 1 is 1.09 bits per heavy atom. The molecular weight excluding hydrogens is 286 g/mol. The highest BCUT2D eigenvalue weighted by Gasteiger charge is 2.07. The molecule has 0 amide bonds. The zero-order valence-electron chi connectivity index (χ0n) is 11.8. The maximum Gasteiger partial charge on any atom is 0.338 e. The number of carbonyl (C=O) groups excluding carboxylic acids is 1. The van der Waals surface area contributed by atoms with Gasteiger partial charge in [-0.1, -0.05) is 24.3 Å². The normalized spacial score (nSPS) is 10.2. The minimum Gasteiger partial charge on any atom is -0.480 e. The number of esters is 1. The highest BCUT2D eigenvalue weighted by Crippen LogP contribution is 2.03. The summed E-state index contributed by atoms with van der Waals surface area (Å²) in [5.41, 5.74) is 0.812. The highest BCUT2D eigenvalue weighted by molar-refractivity contribution is 5.89. The molecule has 22 heavy (non-hydrogen) atoms. The van der Waals surface area contributed by atoms with E-state index in [9.17, 15) is 14.4 Å². The molecule has 2 aromatic rings. The molecule has 1 aromatic heterocycles. The molecule has 0 bridgehead atoms. The zero-order chi connectivity index (χ0) is 15.9. The standard InChI is InChI=1S/C16H15NO5/c18-14-7-6-12(10-17(14)11-15(19)20)8-9-22-16(21)13-4-2-1-3-5-13/h1-7,10H,8-9,11H2,(H,19,20). The Labute approximate surface area is 126 Å². The van der Waals surface area contributed by atoms with Crippen molar-refractivity contribution in [2.24, 2.45) is 0 Å². The SMILES string of the molecule is O=C(O)Cn1cc(CCOC(=O)c2ccccc2)ccc1=O. The summed E-state index contributed by atoms with van der Waals surface area (Å²) in [6.45, 7) is -0.241. The van der Waals surface area contributed by atoms with Gasteiger partial charge in [0.15, 0.2) is 0 Å². The summed E-state index contributed by atoms with van der Waals surface area (Å²) in [6.07, 6.45) is 1.87. The lowest BCUT2D eigenvalue weighted by Crippen LogP contribution is -2.23. The van der Waals surface area contributed by atoms with Crippen LogP contribution in [0, 0.1) is 0 Å².